The second kappa shape index (κ2) is 7.05. The minimum absolute atomic E-state index is 0.0922. The van der Waals surface area contributed by atoms with Crippen LogP contribution < -0.4 is 0 Å². The Morgan fingerprint density at radius 3 is 2.87 bits per heavy atom. The summed E-state index contributed by atoms with van der Waals surface area (Å²) in [6.07, 6.45) is 14.2. The van der Waals surface area contributed by atoms with Crippen LogP contribution in [0.3, 0.4) is 0 Å². The van der Waals surface area contributed by atoms with E-state index in [1.165, 1.54) is 18.2 Å². The molecule has 0 spiro atoms. The first-order valence-corrected chi connectivity index (χ1v) is 11.7. The summed E-state index contributed by atoms with van der Waals surface area (Å²) in [6.45, 7) is 4.64. The lowest BCUT2D eigenvalue weighted by atomic mass is 9.51. The van der Waals surface area contributed by atoms with Gasteiger partial charge in [-0.15, -0.1) is 0 Å². The number of Topliss-reactive ketones (excluding diaryl/α,β-unsaturated/α-hetero) is 1. The second-order valence-corrected chi connectivity index (χ2v) is 10.9. The second-order valence-electron chi connectivity index (χ2n) is 10.9. The van der Waals surface area contributed by atoms with Crippen molar-refractivity contribution in [2.24, 2.45) is 35.0 Å². The Hall–Kier alpha value is -1.93. The standard InChI is InChI=1S/C25H33N3O2/c1-24(30)9-7-18-17(11-24)3-4-20-19(18)8-10-25(2)21(20)5-6-22(25)23(29)15-28-14-16(12-26)13-27-28/h3,13-14,18-22,30H,4-11,15H2,1-2H3/t18-,19+,20+,21-,22+,24+,25-/m0/s1. The number of ketones is 1. The molecule has 5 heteroatoms. The summed E-state index contributed by atoms with van der Waals surface area (Å²) in [6, 6.07) is 2.09. The van der Waals surface area contributed by atoms with Crippen LogP contribution in [-0.2, 0) is 11.3 Å². The van der Waals surface area contributed by atoms with Gasteiger partial charge in [-0.05, 0) is 87.4 Å². The van der Waals surface area contributed by atoms with Gasteiger partial charge in [0.25, 0.3) is 0 Å². The molecule has 0 unspecified atom stereocenters. The zero-order chi connectivity index (χ0) is 21.1. The monoisotopic (exact) mass is 407 g/mol. The van der Waals surface area contributed by atoms with Gasteiger partial charge in [-0.1, -0.05) is 18.6 Å². The summed E-state index contributed by atoms with van der Waals surface area (Å²) in [5, 5.41) is 23.7. The van der Waals surface area contributed by atoms with E-state index >= 15 is 0 Å². The maximum Gasteiger partial charge on any atom is 0.157 e. The van der Waals surface area contributed by atoms with Crippen molar-refractivity contribution in [3.8, 4) is 6.07 Å². The fourth-order valence-corrected chi connectivity index (χ4v) is 7.77. The van der Waals surface area contributed by atoms with Gasteiger partial charge in [0.2, 0.25) is 0 Å². The van der Waals surface area contributed by atoms with E-state index < -0.39 is 5.60 Å². The Morgan fingerprint density at radius 2 is 2.10 bits per heavy atom. The Kier molecular flexibility index (Phi) is 4.70. The molecule has 0 aromatic carbocycles. The third-order valence-corrected chi connectivity index (χ3v) is 9.19. The van der Waals surface area contributed by atoms with Crippen LogP contribution >= 0.6 is 0 Å². The van der Waals surface area contributed by atoms with Crippen molar-refractivity contribution in [3.63, 3.8) is 0 Å². The molecule has 5 rings (SSSR count). The van der Waals surface area contributed by atoms with Crippen molar-refractivity contribution in [2.45, 2.75) is 77.4 Å². The van der Waals surface area contributed by atoms with E-state index in [2.05, 4.69) is 24.2 Å². The van der Waals surface area contributed by atoms with E-state index in [4.69, 9.17) is 5.26 Å². The normalized spacial score (nSPS) is 42.5. The van der Waals surface area contributed by atoms with Gasteiger partial charge in [-0.2, -0.15) is 10.4 Å². The summed E-state index contributed by atoms with van der Waals surface area (Å²) in [4.78, 5) is 13.2. The summed E-state index contributed by atoms with van der Waals surface area (Å²) < 4.78 is 1.63. The van der Waals surface area contributed by atoms with Gasteiger partial charge in [0.15, 0.2) is 5.78 Å². The third kappa shape index (κ3) is 3.15. The van der Waals surface area contributed by atoms with E-state index in [-0.39, 0.29) is 23.7 Å². The molecule has 3 fully saturated rings. The largest absolute Gasteiger partial charge is 0.390 e. The minimum atomic E-state index is -0.527. The average Bonchev–Trinajstić information content (AvgIpc) is 3.30. The van der Waals surface area contributed by atoms with Crippen molar-refractivity contribution in [3.05, 3.63) is 29.6 Å². The molecule has 4 aliphatic carbocycles. The Morgan fingerprint density at radius 1 is 1.27 bits per heavy atom. The highest BCUT2D eigenvalue weighted by molar-refractivity contribution is 5.82. The molecular formula is C25H33N3O2. The van der Waals surface area contributed by atoms with Gasteiger partial charge in [-0.25, -0.2) is 0 Å². The third-order valence-electron chi connectivity index (χ3n) is 9.19. The Labute approximate surface area is 179 Å². The predicted molar refractivity (Wildman–Crippen MR) is 113 cm³/mol. The SMILES string of the molecule is C[C@@]1(O)CC[C@H]2C(=CC[C@@H]3[C@@H]2CC[C@]2(C)[C@@H](C(=O)Cn4cc(C#N)cn4)CC[C@@H]32)C1. The number of nitriles is 1. The highest BCUT2D eigenvalue weighted by Crippen LogP contribution is 2.63. The number of hydrogen-bond donors (Lipinski definition) is 1. The predicted octanol–water partition coefficient (Wildman–Crippen LogP) is 4.26. The summed E-state index contributed by atoms with van der Waals surface area (Å²) in [5.41, 5.74) is 1.58. The molecule has 0 saturated heterocycles. The fraction of sp³-hybridized carbons (Fsp3) is 0.720. The van der Waals surface area contributed by atoms with Crippen molar-refractivity contribution >= 4 is 5.78 Å². The number of allylic oxidation sites excluding steroid dienone is 1. The van der Waals surface area contributed by atoms with Crippen molar-refractivity contribution in [1.82, 2.24) is 9.78 Å². The van der Waals surface area contributed by atoms with Crippen LogP contribution in [0.25, 0.3) is 0 Å². The van der Waals surface area contributed by atoms with Crippen LogP contribution in [0, 0.1) is 46.3 Å². The molecule has 160 valence electrons. The van der Waals surface area contributed by atoms with Crippen LogP contribution in [0.1, 0.15) is 70.8 Å². The Balaban J connectivity index is 1.33. The van der Waals surface area contributed by atoms with E-state index in [0.717, 1.165) is 50.9 Å². The molecule has 0 radical (unpaired) electrons. The smallest absolute Gasteiger partial charge is 0.157 e. The van der Waals surface area contributed by atoms with E-state index in [0.29, 0.717) is 23.3 Å². The maximum absolute atomic E-state index is 13.2. The van der Waals surface area contributed by atoms with Gasteiger partial charge >= 0.3 is 0 Å². The molecule has 0 aliphatic heterocycles. The van der Waals surface area contributed by atoms with Crippen molar-refractivity contribution < 1.29 is 9.90 Å². The zero-order valence-electron chi connectivity index (χ0n) is 18.2. The quantitative estimate of drug-likeness (QED) is 0.759. The summed E-state index contributed by atoms with van der Waals surface area (Å²) >= 11 is 0. The number of nitrogens with zero attached hydrogens (tertiary/aromatic N) is 3. The molecule has 1 aromatic heterocycles. The van der Waals surface area contributed by atoms with Gasteiger partial charge in [-0.3, -0.25) is 9.48 Å². The van der Waals surface area contributed by atoms with Crippen LogP contribution in [0.15, 0.2) is 24.0 Å². The number of hydrogen-bond acceptors (Lipinski definition) is 4. The minimum Gasteiger partial charge on any atom is -0.390 e. The lowest BCUT2D eigenvalue weighted by Crippen LogP contribution is -2.48. The van der Waals surface area contributed by atoms with Gasteiger partial charge in [0, 0.05) is 12.1 Å². The average molecular weight is 408 g/mol. The first-order chi connectivity index (χ1) is 14.3. The summed E-state index contributed by atoms with van der Waals surface area (Å²) in [5.74, 6) is 3.09. The highest BCUT2D eigenvalue weighted by atomic mass is 16.3. The molecule has 1 heterocycles. The topological polar surface area (TPSA) is 78.9 Å². The number of carbonyl (C=O) groups excluding carboxylic acids is 1. The molecule has 3 saturated carbocycles. The van der Waals surface area contributed by atoms with Crippen molar-refractivity contribution in [1.29, 1.82) is 5.26 Å². The van der Waals surface area contributed by atoms with E-state index in [1.54, 1.807) is 10.9 Å². The van der Waals surface area contributed by atoms with Gasteiger partial charge in [0.1, 0.15) is 6.07 Å². The van der Waals surface area contributed by atoms with Gasteiger partial charge < -0.3 is 5.11 Å². The lowest BCUT2D eigenvalue weighted by molar-refractivity contribution is -0.129. The number of carbonyl (C=O) groups is 1. The molecule has 1 aromatic rings. The molecule has 7 atom stereocenters. The van der Waals surface area contributed by atoms with E-state index in [1.807, 2.05) is 6.92 Å². The zero-order valence-corrected chi connectivity index (χ0v) is 18.2. The molecule has 0 amide bonds. The number of fused-ring (bicyclic) bond motifs is 5. The van der Waals surface area contributed by atoms with Crippen LogP contribution in [0.4, 0.5) is 0 Å². The van der Waals surface area contributed by atoms with Gasteiger partial charge in [0.05, 0.1) is 23.9 Å². The highest BCUT2D eigenvalue weighted by Gasteiger charge is 2.57. The Bertz CT molecular complexity index is 923. The number of aromatic nitrogens is 2. The molecule has 5 nitrogen and oxygen atoms in total. The molecule has 30 heavy (non-hydrogen) atoms. The van der Waals surface area contributed by atoms with Crippen LogP contribution in [0.5, 0.6) is 0 Å². The van der Waals surface area contributed by atoms with E-state index in [9.17, 15) is 9.90 Å². The molecule has 0 bridgehead atoms. The molecule has 1 N–H and O–H groups in total. The fourth-order valence-electron chi connectivity index (χ4n) is 7.77. The maximum atomic E-state index is 13.2. The van der Waals surface area contributed by atoms with Crippen LogP contribution in [-0.4, -0.2) is 26.3 Å². The first-order valence-electron chi connectivity index (χ1n) is 11.7. The lowest BCUT2D eigenvalue weighted by Gasteiger charge is -2.54. The first kappa shape index (κ1) is 20.0. The number of aliphatic hydroxyl groups is 1. The molecular weight excluding hydrogens is 374 g/mol. The van der Waals surface area contributed by atoms with Crippen LogP contribution in [0.2, 0.25) is 0 Å². The van der Waals surface area contributed by atoms with Crippen molar-refractivity contribution in [2.75, 3.05) is 0 Å². The molecule has 4 aliphatic rings. The summed E-state index contributed by atoms with van der Waals surface area (Å²) in [7, 11) is 0. The number of rotatable bonds is 3.